The molecule has 0 saturated carbocycles. The van der Waals surface area contributed by atoms with Crippen LogP contribution in [0.4, 0.5) is 0 Å². The number of ether oxygens (including phenoxy) is 4. The second kappa shape index (κ2) is 13.3. The molecule has 8 heteroatoms. The lowest BCUT2D eigenvalue weighted by molar-refractivity contribution is -0.160. The zero-order chi connectivity index (χ0) is 25.1. The Balaban J connectivity index is 2.10. The van der Waals surface area contributed by atoms with E-state index in [1.807, 2.05) is 25.1 Å². The van der Waals surface area contributed by atoms with Crippen LogP contribution in [0.25, 0.3) is 0 Å². The molecule has 4 atom stereocenters. The quantitative estimate of drug-likeness (QED) is 0.246. The smallest absolute Gasteiger partial charge is 0.309 e. The lowest BCUT2D eigenvalue weighted by Gasteiger charge is -2.31. The number of aromatic nitrogens is 1. The molecular weight excluding hydrogens is 438 g/mol. The fourth-order valence-corrected chi connectivity index (χ4v) is 3.27. The predicted molar refractivity (Wildman–Crippen MR) is 127 cm³/mol. The number of methoxy groups -OCH3 is 1. The van der Waals surface area contributed by atoms with E-state index in [0.29, 0.717) is 12.4 Å². The van der Waals surface area contributed by atoms with Crippen LogP contribution in [0.1, 0.15) is 44.1 Å². The van der Waals surface area contributed by atoms with E-state index in [1.54, 1.807) is 32.1 Å². The van der Waals surface area contributed by atoms with Crippen molar-refractivity contribution in [1.82, 2.24) is 4.98 Å². The van der Waals surface area contributed by atoms with Crippen molar-refractivity contribution in [2.24, 2.45) is 5.92 Å². The zero-order valence-corrected chi connectivity index (χ0v) is 20.1. The molecule has 0 aliphatic carbocycles. The first-order valence-corrected chi connectivity index (χ1v) is 11.2. The molecule has 2 aromatic rings. The lowest BCUT2D eigenvalue weighted by atomic mass is 10.0. The van der Waals surface area contributed by atoms with E-state index in [4.69, 9.17) is 18.9 Å². The molecule has 0 spiro atoms. The molecule has 1 heterocycles. The van der Waals surface area contributed by atoms with Crippen LogP contribution in [0.2, 0.25) is 0 Å². The van der Waals surface area contributed by atoms with Crippen LogP contribution < -0.4 is 9.47 Å². The molecule has 0 bridgehead atoms. The number of benzene rings is 1. The second-order valence-corrected chi connectivity index (χ2v) is 7.85. The number of hydrogen-bond acceptors (Lipinski definition) is 8. The number of pyridine rings is 1. The van der Waals surface area contributed by atoms with E-state index >= 15 is 0 Å². The Morgan fingerprint density at radius 2 is 1.88 bits per heavy atom. The van der Waals surface area contributed by atoms with Gasteiger partial charge in [-0.3, -0.25) is 9.59 Å². The van der Waals surface area contributed by atoms with Crippen LogP contribution in [0.5, 0.6) is 17.2 Å². The fraction of sp³-hybridized carbons (Fsp3) is 0.423. The highest BCUT2D eigenvalue weighted by molar-refractivity contribution is 5.99. The Morgan fingerprint density at radius 3 is 2.50 bits per heavy atom. The summed E-state index contributed by atoms with van der Waals surface area (Å²) >= 11 is 0. The summed E-state index contributed by atoms with van der Waals surface area (Å²) in [6, 6.07) is 10.6. The van der Waals surface area contributed by atoms with E-state index in [9.17, 15) is 14.7 Å². The van der Waals surface area contributed by atoms with E-state index in [1.165, 1.54) is 19.4 Å². The van der Waals surface area contributed by atoms with Gasteiger partial charge in [0.25, 0.3) is 0 Å². The number of ketones is 1. The molecule has 184 valence electrons. The van der Waals surface area contributed by atoms with Gasteiger partial charge in [-0.15, -0.1) is 6.58 Å². The minimum Gasteiger partial charge on any atom is -0.503 e. The van der Waals surface area contributed by atoms with Crippen LogP contribution in [0.15, 0.2) is 55.3 Å². The largest absolute Gasteiger partial charge is 0.503 e. The van der Waals surface area contributed by atoms with E-state index in [2.05, 4.69) is 11.6 Å². The lowest BCUT2D eigenvalue weighted by Crippen LogP contribution is -2.44. The van der Waals surface area contributed by atoms with Crippen molar-refractivity contribution in [2.45, 2.75) is 51.9 Å². The number of Topliss-reactive ketones (excluding diaryl/α,β-unsaturated/α-hetero) is 1. The Hall–Kier alpha value is -3.39. The molecule has 1 N–H and O–H groups in total. The molecule has 0 amide bonds. The van der Waals surface area contributed by atoms with Crippen molar-refractivity contribution >= 4 is 11.8 Å². The van der Waals surface area contributed by atoms with Gasteiger partial charge in [-0.1, -0.05) is 38.1 Å². The molecule has 2 rings (SSSR count). The summed E-state index contributed by atoms with van der Waals surface area (Å²) in [6.07, 6.45) is 1.72. The number of carbonyl (C=O) groups excluding carboxylic acids is 2. The minimum atomic E-state index is -0.779. The van der Waals surface area contributed by atoms with E-state index < -0.39 is 36.0 Å². The molecule has 8 nitrogen and oxygen atoms in total. The third-order valence-corrected chi connectivity index (χ3v) is 5.12. The highest BCUT2D eigenvalue weighted by atomic mass is 16.6. The van der Waals surface area contributed by atoms with Crippen LogP contribution in [0, 0.1) is 5.92 Å². The molecule has 0 aliphatic heterocycles. The molecular formula is C26H33NO7. The number of carbonyl (C=O) groups is 2. The monoisotopic (exact) mass is 471 g/mol. The van der Waals surface area contributed by atoms with Gasteiger partial charge >= 0.3 is 5.97 Å². The van der Waals surface area contributed by atoms with Crippen LogP contribution in [0.3, 0.4) is 0 Å². The Labute approximate surface area is 200 Å². The van der Waals surface area contributed by atoms with Gasteiger partial charge in [-0.25, -0.2) is 4.98 Å². The Morgan fingerprint density at radius 1 is 1.18 bits per heavy atom. The van der Waals surface area contributed by atoms with Gasteiger partial charge in [0.05, 0.1) is 13.0 Å². The summed E-state index contributed by atoms with van der Waals surface area (Å²) in [4.78, 5) is 29.4. The number of hydrogen-bond donors (Lipinski definition) is 1. The number of nitrogens with zero attached hydrogens (tertiary/aromatic N) is 1. The predicted octanol–water partition coefficient (Wildman–Crippen LogP) is 4.37. The summed E-state index contributed by atoms with van der Waals surface area (Å²) in [7, 11) is 1.37. The number of aromatic hydroxyl groups is 1. The van der Waals surface area contributed by atoms with Gasteiger partial charge in [0.15, 0.2) is 29.1 Å². The molecule has 1 aromatic carbocycles. The number of para-hydroxylation sites is 1. The standard InChI is InChI=1S/C26H33NO7/c1-6-15-32-21(7-2)25(34-19-11-9-8-10-12-19)18(4)33-26(30)17(3)16-20(28)23-24(29)22(31-5)13-14-27-23/h7-14,17-18,21,25,29H,2,6,15-16H2,1,3-5H3/t17-,18+,21+,25+/m1/s1. The summed E-state index contributed by atoms with van der Waals surface area (Å²) in [5.74, 6) is -1.49. The van der Waals surface area contributed by atoms with Crippen LogP contribution >= 0.6 is 0 Å². The maximum atomic E-state index is 12.8. The Kier molecular flexibility index (Phi) is 10.5. The van der Waals surface area contributed by atoms with Crippen molar-refractivity contribution in [2.75, 3.05) is 13.7 Å². The highest BCUT2D eigenvalue weighted by Gasteiger charge is 2.32. The maximum absolute atomic E-state index is 12.8. The van der Waals surface area contributed by atoms with Crippen molar-refractivity contribution in [3.8, 4) is 17.2 Å². The topological polar surface area (TPSA) is 104 Å². The zero-order valence-electron chi connectivity index (χ0n) is 20.1. The average molecular weight is 472 g/mol. The van der Waals surface area contributed by atoms with Crippen molar-refractivity contribution in [3.63, 3.8) is 0 Å². The summed E-state index contributed by atoms with van der Waals surface area (Å²) < 4.78 is 22.6. The van der Waals surface area contributed by atoms with Gasteiger partial charge in [-0.2, -0.15) is 0 Å². The van der Waals surface area contributed by atoms with E-state index in [0.717, 1.165) is 6.42 Å². The van der Waals surface area contributed by atoms with E-state index in [-0.39, 0.29) is 23.6 Å². The van der Waals surface area contributed by atoms with Gasteiger partial charge in [0, 0.05) is 25.3 Å². The van der Waals surface area contributed by atoms with Crippen LogP contribution in [-0.4, -0.2) is 53.9 Å². The first-order valence-electron chi connectivity index (χ1n) is 11.2. The SMILES string of the molecule is C=C[C@H](OCCC)[C@@H](Oc1ccccc1)[C@H](C)OC(=O)[C@H](C)CC(=O)c1nccc(OC)c1O. The Bertz CT molecular complexity index is 947. The third-order valence-electron chi connectivity index (χ3n) is 5.12. The molecule has 1 aromatic heterocycles. The van der Waals surface area contributed by atoms with Crippen molar-refractivity contribution in [1.29, 1.82) is 0 Å². The van der Waals surface area contributed by atoms with Crippen LogP contribution in [-0.2, 0) is 14.3 Å². The molecule has 0 saturated heterocycles. The summed E-state index contributed by atoms with van der Waals surface area (Å²) in [5, 5.41) is 10.2. The first-order chi connectivity index (χ1) is 16.3. The van der Waals surface area contributed by atoms with Gasteiger partial charge in [0.2, 0.25) is 0 Å². The summed E-state index contributed by atoms with van der Waals surface area (Å²) in [6.45, 7) is 9.61. The maximum Gasteiger partial charge on any atom is 0.309 e. The summed E-state index contributed by atoms with van der Waals surface area (Å²) in [5.41, 5.74) is -0.156. The number of esters is 1. The molecule has 34 heavy (non-hydrogen) atoms. The van der Waals surface area contributed by atoms with Crippen molar-refractivity contribution < 1.29 is 33.6 Å². The average Bonchev–Trinajstić information content (AvgIpc) is 2.84. The second-order valence-electron chi connectivity index (χ2n) is 7.85. The number of rotatable bonds is 14. The highest BCUT2D eigenvalue weighted by Crippen LogP contribution is 2.29. The van der Waals surface area contributed by atoms with Gasteiger partial charge in [0.1, 0.15) is 18.0 Å². The molecule has 0 fully saturated rings. The van der Waals surface area contributed by atoms with Crippen molar-refractivity contribution in [3.05, 3.63) is 60.9 Å². The normalized spacial score (nSPS) is 14.4. The third kappa shape index (κ3) is 7.31. The van der Waals surface area contributed by atoms with Gasteiger partial charge < -0.3 is 24.1 Å². The van der Waals surface area contributed by atoms with Gasteiger partial charge in [-0.05, 0) is 25.5 Å². The molecule has 0 aliphatic rings. The molecule has 0 unspecified atom stereocenters. The first kappa shape index (κ1) is 26.9. The minimum absolute atomic E-state index is 0.130. The molecule has 0 radical (unpaired) electrons. The fourth-order valence-electron chi connectivity index (χ4n) is 3.27.